The van der Waals surface area contributed by atoms with Gasteiger partial charge in [0.2, 0.25) is 5.91 Å². The van der Waals surface area contributed by atoms with Gasteiger partial charge in [0.05, 0.1) is 5.69 Å². The van der Waals surface area contributed by atoms with Crippen LogP contribution in [0.2, 0.25) is 0 Å². The summed E-state index contributed by atoms with van der Waals surface area (Å²) >= 11 is 0. The van der Waals surface area contributed by atoms with E-state index in [1.54, 1.807) is 25.1 Å². The summed E-state index contributed by atoms with van der Waals surface area (Å²) in [6, 6.07) is 11.8. The number of nitrogens with zero attached hydrogens (tertiary/aromatic N) is 2. The first-order valence-corrected chi connectivity index (χ1v) is 7.85. The molecule has 0 fully saturated rings. The van der Waals surface area contributed by atoms with Crippen molar-refractivity contribution in [2.45, 2.75) is 41.5 Å². The number of pyridine rings is 1. The number of benzene rings is 1. The van der Waals surface area contributed by atoms with Gasteiger partial charge in [-0.25, -0.2) is 0 Å². The van der Waals surface area contributed by atoms with Crippen molar-refractivity contribution in [3.8, 4) is 11.3 Å². The van der Waals surface area contributed by atoms with Crippen LogP contribution < -0.4 is 4.90 Å². The minimum atomic E-state index is 0.0245. The molecule has 2 aromatic rings. The molecule has 0 saturated heterocycles. The average molecular weight is 300 g/mol. The standard InChI is InChI=1S/C15H16N2O.2C2H6/c1-11-8-9-16-15(10-11)13-4-6-14(7-5-13)17(3)12(2)18;2*1-2/h4-10H,1-3H3;2*1-2H3. The quantitative estimate of drug-likeness (QED) is 0.773. The lowest BCUT2D eigenvalue weighted by molar-refractivity contribution is -0.116. The number of aromatic nitrogens is 1. The molecule has 0 bridgehead atoms. The molecule has 0 aliphatic rings. The van der Waals surface area contributed by atoms with Crippen LogP contribution in [0.25, 0.3) is 11.3 Å². The summed E-state index contributed by atoms with van der Waals surface area (Å²) in [4.78, 5) is 17.2. The molecule has 3 nitrogen and oxygen atoms in total. The first kappa shape index (κ1) is 19.8. The molecule has 2 rings (SSSR count). The number of carbonyl (C=O) groups excluding carboxylic acids is 1. The normalized spacial score (nSPS) is 8.86. The summed E-state index contributed by atoms with van der Waals surface area (Å²) in [5.41, 5.74) is 4.08. The maximum atomic E-state index is 11.3. The van der Waals surface area contributed by atoms with Crippen molar-refractivity contribution in [1.82, 2.24) is 4.98 Å². The lowest BCUT2D eigenvalue weighted by Gasteiger charge is -2.15. The predicted molar refractivity (Wildman–Crippen MR) is 96.2 cm³/mol. The summed E-state index contributed by atoms with van der Waals surface area (Å²) in [7, 11) is 1.77. The Balaban J connectivity index is 0.00000102. The molecule has 120 valence electrons. The lowest BCUT2D eigenvalue weighted by Crippen LogP contribution is -2.22. The summed E-state index contributed by atoms with van der Waals surface area (Å²) in [5, 5.41) is 0. The Bertz CT molecular complexity index is 562. The molecule has 1 heterocycles. The maximum absolute atomic E-state index is 11.3. The van der Waals surface area contributed by atoms with Crippen LogP contribution in [0, 0.1) is 6.92 Å². The number of hydrogen-bond donors (Lipinski definition) is 0. The first-order chi connectivity index (χ1) is 10.6. The van der Waals surface area contributed by atoms with Crippen molar-refractivity contribution >= 4 is 11.6 Å². The van der Waals surface area contributed by atoms with Crippen LogP contribution in [0.5, 0.6) is 0 Å². The Morgan fingerprint density at radius 1 is 1.00 bits per heavy atom. The van der Waals surface area contributed by atoms with E-state index in [2.05, 4.69) is 4.98 Å². The molecule has 3 heteroatoms. The van der Waals surface area contributed by atoms with Crippen LogP contribution in [-0.2, 0) is 4.79 Å². The van der Waals surface area contributed by atoms with Crippen molar-refractivity contribution in [2.24, 2.45) is 0 Å². The number of aryl methyl sites for hydroxylation is 1. The zero-order valence-electron chi connectivity index (χ0n) is 14.8. The largest absolute Gasteiger partial charge is 0.316 e. The maximum Gasteiger partial charge on any atom is 0.223 e. The Morgan fingerprint density at radius 2 is 1.55 bits per heavy atom. The SMILES string of the molecule is CC.CC.CC(=O)N(C)c1ccc(-c2cc(C)ccn2)cc1. The van der Waals surface area contributed by atoms with Crippen molar-refractivity contribution in [2.75, 3.05) is 11.9 Å². The fourth-order valence-corrected chi connectivity index (χ4v) is 1.73. The molecule has 0 atom stereocenters. The molecular formula is C19H28N2O. The average Bonchev–Trinajstić information content (AvgIpc) is 2.58. The molecule has 0 radical (unpaired) electrons. The zero-order chi connectivity index (χ0) is 17.1. The van der Waals surface area contributed by atoms with Crippen LogP contribution in [0.15, 0.2) is 42.6 Å². The fourth-order valence-electron chi connectivity index (χ4n) is 1.73. The molecular weight excluding hydrogens is 272 g/mol. The molecule has 22 heavy (non-hydrogen) atoms. The molecule has 0 aliphatic carbocycles. The second-order valence-electron chi connectivity index (χ2n) is 4.34. The first-order valence-electron chi connectivity index (χ1n) is 7.85. The topological polar surface area (TPSA) is 33.2 Å². The molecule has 0 saturated carbocycles. The van der Waals surface area contributed by atoms with Gasteiger partial charge in [-0.2, -0.15) is 0 Å². The second kappa shape index (κ2) is 10.6. The van der Waals surface area contributed by atoms with Crippen molar-refractivity contribution in [3.63, 3.8) is 0 Å². The van der Waals surface area contributed by atoms with Gasteiger partial charge in [-0.15, -0.1) is 0 Å². The van der Waals surface area contributed by atoms with Crippen LogP contribution in [-0.4, -0.2) is 17.9 Å². The Labute approximate surface area is 135 Å². The molecule has 0 unspecified atom stereocenters. The third kappa shape index (κ3) is 5.68. The summed E-state index contributed by atoms with van der Waals surface area (Å²) in [6.45, 7) is 11.6. The molecule has 0 spiro atoms. The van der Waals surface area contributed by atoms with Gasteiger partial charge in [-0.1, -0.05) is 39.8 Å². The highest BCUT2D eigenvalue weighted by molar-refractivity contribution is 5.91. The summed E-state index contributed by atoms with van der Waals surface area (Å²) < 4.78 is 0. The van der Waals surface area contributed by atoms with E-state index in [0.717, 1.165) is 16.9 Å². The number of anilines is 1. The van der Waals surface area contributed by atoms with Gasteiger partial charge in [0.15, 0.2) is 0 Å². The third-order valence-electron chi connectivity index (χ3n) is 2.94. The smallest absolute Gasteiger partial charge is 0.223 e. The molecule has 1 aromatic carbocycles. The van der Waals surface area contributed by atoms with E-state index in [1.807, 2.05) is 71.0 Å². The highest BCUT2D eigenvalue weighted by atomic mass is 16.2. The van der Waals surface area contributed by atoms with Crippen LogP contribution in [0.4, 0.5) is 5.69 Å². The number of carbonyl (C=O) groups is 1. The highest BCUT2D eigenvalue weighted by Gasteiger charge is 2.05. The predicted octanol–water partition coefficient (Wildman–Crippen LogP) is 5.09. The second-order valence-corrected chi connectivity index (χ2v) is 4.34. The van der Waals surface area contributed by atoms with Crippen molar-refractivity contribution in [1.29, 1.82) is 0 Å². The van der Waals surface area contributed by atoms with E-state index in [9.17, 15) is 4.79 Å². The van der Waals surface area contributed by atoms with Gasteiger partial charge < -0.3 is 4.90 Å². The van der Waals surface area contributed by atoms with Crippen LogP contribution in [0.1, 0.15) is 40.2 Å². The van der Waals surface area contributed by atoms with Gasteiger partial charge in [0.25, 0.3) is 0 Å². The summed E-state index contributed by atoms with van der Waals surface area (Å²) in [5.74, 6) is 0.0245. The van der Waals surface area contributed by atoms with E-state index in [-0.39, 0.29) is 5.91 Å². The Hall–Kier alpha value is -2.16. The lowest BCUT2D eigenvalue weighted by atomic mass is 10.1. The van der Waals surface area contributed by atoms with Crippen LogP contribution >= 0.6 is 0 Å². The Morgan fingerprint density at radius 3 is 2.00 bits per heavy atom. The third-order valence-corrected chi connectivity index (χ3v) is 2.94. The van der Waals surface area contributed by atoms with Gasteiger partial charge in [-0.05, 0) is 36.8 Å². The number of hydrogen-bond acceptors (Lipinski definition) is 2. The fraction of sp³-hybridized carbons (Fsp3) is 0.368. The number of rotatable bonds is 2. The van der Waals surface area contributed by atoms with E-state index in [0.29, 0.717) is 0 Å². The minimum Gasteiger partial charge on any atom is -0.316 e. The van der Waals surface area contributed by atoms with Crippen molar-refractivity contribution < 1.29 is 4.79 Å². The van der Waals surface area contributed by atoms with Gasteiger partial charge in [0, 0.05) is 31.4 Å². The molecule has 1 aromatic heterocycles. The molecule has 0 aliphatic heterocycles. The minimum absolute atomic E-state index is 0.0245. The highest BCUT2D eigenvalue weighted by Crippen LogP contribution is 2.21. The molecule has 1 amide bonds. The Kier molecular flexibility index (Phi) is 9.51. The van der Waals surface area contributed by atoms with E-state index < -0.39 is 0 Å². The van der Waals surface area contributed by atoms with Crippen LogP contribution in [0.3, 0.4) is 0 Å². The number of amides is 1. The van der Waals surface area contributed by atoms with E-state index in [4.69, 9.17) is 0 Å². The van der Waals surface area contributed by atoms with Gasteiger partial charge in [-0.3, -0.25) is 9.78 Å². The van der Waals surface area contributed by atoms with Crippen molar-refractivity contribution in [3.05, 3.63) is 48.2 Å². The zero-order valence-corrected chi connectivity index (χ0v) is 14.8. The van der Waals surface area contributed by atoms with E-state index in [1.165, 1.54) is 5.56 Å². The summed E-state index contributed by atoms with van der Waals surface area (Å²) in [6.07, 6.45) is 1.81. The monoisotopic (exact) mass is 300 g/mol. The van der Waals surface area contributed by atoms with E-state index >= 15 is 0 Å². The van der Waals surface area contributed by atoms with Gasteiger partial charge in [0.1, 0.15) is 0 Å². The molecule has 0 N–H and O–H groups in total. The van der Waals surface area contributed by atoms with Gasteiger partial charge >= 0.3 is 0 Å².